The van der Waals surface area contributed by atoms with Crippen molar-refractivity contribution in [3.05, 3.63) is 53.4 Å². The summed E-state index contributed by atoms with van der Waals surface area (Å²) < 4.78 is 15.1. The molecular formula is C12H8FN3O. The fourth-order valence-electron chi connectivity index (χ4n) is 1.48. The summed E-state index contributed by atoms with van der Waals surface area (Å²) in [5.74, 6) is -1.15. The van der Waals surface area contributed by atoms with E-state index < -0.39 is 11.6 Å². The van der Waals surface area contributed by atoms with E-state index in [4.69, 9.17) is 5.26 Å². The van der Waals surface area contributed by atoms with E-state index in [0.717, 1.165) is 6.07 Å². The molecule has 0 saturated heterocycles. The van der Waals surface area contributed by atoms with Crippen LogP contribution in [-0.2, 0) is 7.05 Å². The van der Waals surface area contributed by atoms with Crippen LogP contribution >= 0.6 is 0 Å². The highest BCUT2D eigenvalue weighted by molar-refractivity contribution is 6.08. The minimum absolute atomic E-state index is 0.0624. The molecule has 4 nitrogen and oxygen atoms in total. The third-order valence-electron chi connectivity index (χ3n) is 2.39. The number of hydrogen-bond donors (Lipinski definition) is 0. The first-order chi connectivity index (χ1) is 8.13. The van der Waals surface area contributed by atoms with Gasteiger partial charge in [0.05, 0.1) is 29.7 Å². The van der Waals surface area contributed by atoms with E-state index >= 15 is 0 Å². The molecular weight excluding hydrogens is 221 g/mol. The van der Waals surface area contributed by atoms with Gasteiger partial charge in [-0.25, -0.2) is 9.37 Å². The van der Waals surface area contributed by atoms with Gasteiger partial charge in [0.15, 0.2) is 0 Å². The highest BCUT2D eigenvalue weighted by atomic mass is 19.1. The second kappa shape index (κ2) is 4.18. The molecule has 84 valence electrons. The van der Waals surface area contributed by atoms with Crippen LogP contribution in [-0.4, -0.2) is 15.3 Å². The molecule has 0 bridgehead atoms. The molecule has 0 N–H and O–H groups in total. The number of carbonyl (C=O) groups is 1. The van der Waals surface area contributed by atoms with Crippen LogP contribution in [0.3, 0.4) is 0 Å². The Morgan fingerprint density at radius 2 is 2.29 bits per heavy atom. The van der Waals surface area contributed by atoms with Crippen LogP contribution in [0.1, 0.15) is 21.6 Å². The van der Waals surface area contributed by atoms with Crippen LogP contribution in [0.2, 0.25) is 0 Å². The van der Waals surface area contributed by atoms with Crippen LogP contribution in [0.15, 0.2) is 30.7 Å². The summed E-state index contributed by atoms with van der Waals surface area (Å²) in [6.45, 7) is 0. The number of halogens is 1. The van der Waals surface area contributed by atoms with E-state index in [0.29, 0.717) is 5.69 Å². The van der Waals surface area contributed by atoms with Crippen LogP contribution in [0.4, 0.5) is 4.39 Å². The lowest BCUT2D eigenvalue weighted by molar-refractivity contribution is 0.102. The van der Waals surface area contributed by atoms with Crippen LogP contribution < -0.4 is 0 Å². The first-order valence-corrected chi connectivity index (χ1v) is 4.84. The SMILES string of the molecule is Cn1cncc1C(=O)c1ccc(C#N)cc1F. The molecule has 1 heterocycles. The Hall–Kier alpha value is -2.48. The minimum atomic E-state index is -0.699. The monoisotopic (exact) mass is 229 g/mol. The molecule has 0 saturated carbocycles. The number of aryl methyl sites for hydroxylation is 1. The third-order valence-corrected chi connectivity index (χ3v) is 2.39. The number of benzene rings is 1. The summed E-state index contributed by atoms with van der Waals surface area (Å²) in [7, 11) is 1.65. The normalized spacial score (nSPS) is 9.94. The number of nitriles is 1. The Bertz CT molecular complexity index is 625. The fourth-order valence-corrected chi connectivity index (χ4v) is 1.48. The first-order valence-electron chi connectivity index (χ1n) is 4.84. The molecule has 0 fully saturated rings. The molecule has 0 aliphatic carbocycles. The summed E-state index contributed by atoms with van der Waals surface area (Å²) in [6, 6.07) is 5.57. The van der Waals surface area contributed by atoms with E-state index in [1.165, 1.54) is 29.2 Å². The number of imidazole rings is 1. The molecule has 17 heavy (non-hydrogen) atoms. The predicted molar refractivity (Wildman–Crippen MR) is 57.8 cm³/mol. The fraction of sp³-hybridized carbons (Fsp3) is 0.0833. The van der Waals surface area contributed by atoms with Crippen molar-refractivity contribution in [2.75, 3.05) is 0 Å². The molecule has 0 unspecified atom stereocenters. The topological polar surface area (TPSA) is 58.7 Å². The van der Waals surface area contributed by atoms with E-state index in [9.17, 15) is 9.18 Å². The zero-order valence-electron chi connectivity index (χ0n) is 9.01. The highest BCUT2D eigenvalue weighted by Gasteiger charge is 2.16. The maximum atomic E-state index is 13.6. The lowest BCUT2D eigenvalue weighted by atomic mass is 10.1. The van der Waals surface area contributed by atoms with Gasteiger partial charge < -0.3 is 4.57 Å². The van der Waals surface area contributed by atoms with Gasteiger partial charge in [-0.05, 0) is 18.2 Å². The Morgan fingerprint density at radius 3 is 2.82 bits per heavy atom. The summed E-state index contributed by atoms with van der Waals surface area (Å²) in [5.41, 5.74) is 0.422. The van der Waals surface area contributed by atoms with Crippen molar-refractivity contribution in [1.82, 2.24) is 9.55 Å². The van der Waals surface area contributed by atoms with Crippen LogP contribution in [0.25, 0.3) is 0 Å². The Morgan fingerprint density at radius 1 is 1.53 bits per heavy atom. The molecule has 0 amide bonds. The Labute approximate surface area is 96.9 Å². The minimum Gasteiger partial charge on any atom is -0.331 e. The zero-order chi connectivity index (χ0) is 12.4. The predicted octanol–water partition coefficient (Wildman–Crippen LogP) is 1.66. The average molecular weight is 229 g/mol. The van der Waals surface area contributed by atoms with Crippen molar-refractivity contribution in [3.63, 3.8) is 0 Å². The molecule has 1 aromatic carbocycles. The zero-order valence-corrected chi connectivity index (χ0v) is 9.01. The van der Waals surface area contributed by atoms with Gasteiger partial charge in [0.1, 0.15) is 11.5 Å². The second-order valence-corrected chi connectivity index (χ2v) is 3.53. The Balaban J connectivity index is 2.46. The van der Waals surface area contributed by atoms with Crippen molar-refractivity contribution in [2.45, 2.75) is 0 Å². The maximum absolute atomic E-state index is 13.6. The quantitative estimate of drug-likeness (QED) is 0.736. The number of aromatic nitrogens is 2. The number of hydrogen-bond acceptors (Lipinski definition) is 3. The lowest BCUT2D eigenvalue weighted by Gasteiger charge is -2.03. The van der Waals surface area contributed by atoms with Crippen molar-refractivity contribution < 1.29 is 9.18 Å². The van der Waals surface area contributed by atoms with Gasteiger partial charge in [-0.1, -0.05) is 0 Å². The number of carbonyl (C=O) groups excluding carboxylic acids is 1. The third kappa shape index (κ3) is 1.93. The molecule has 0 radical (unpaired) electrons. The molecule has 0 aliphatic rings. The van der Waals surface area contributed by atoms with E-state index in [1.807, 2.05) is 6.07 Å². The van der Waals surface area contributed by atoms with Gasteiger partial charge in [0.2, 0.25) is 5.78 Å². The summed E-state index contributed by atoms with van der Waals surface area (Å²) >= 11 is 0. The van der Waals surface area contributed by atoms with E-state index in [-0.39, 0.29) is 11.1 Å². The second-order valence-electron chi connectivity index (χ2n) is 3.53. The van der Waals surface area contributed by atoms with Crippen molar-refractivity contribution in [2.24, 2.45) is 7.05 Å². The summed E-state index contributed by atoms with van der Waals surface area (Å²) in [5, 5.41) is 8.60. The maximum Gasteiger partial charge on any atom is 0.213 e. The van der Waals surface area contributed by atoms with Crippen LogP contribution in [0, 0.1) is 17.1 Å². The summed E-state index contributed by atoms with van der Waals surface area (Å²) in [6.07, 6.45) is 2.84. The summed E-state index contributed by atoms with van der Waals surface area (Å²) in [4.78, 5) is 15.8. The van der Waals surface area contributed by atoms with E-state index in [2.05, 4.69) is 4.98 Å². The van der Waals surface area contributed by atoms with Crippen molar-refractivity contribution in [1.29, 1.82) is 5.26 Å². The van der Waals surface area contributed by atoms with Crippen molar-refractivity contribution in [3.8, 4) is 6.07 Å². The lowest BCUT2D eigenvalue weighted by Crippen LogP contribution is -2.09. The molecule has 5 heteroatoms. The molecule has 2 aromatic rings. The Kier molecular flexibility index (Phi) is 2.71. The molecule has 0 atom stereocenters. The van der Waals surface area contributed by atoms with Gasteiger partial charge in [-0.2, -0.15) is 5.26 Å². The van der Waals surface area contributed by atoms with Gasteiger partial charge >= 0.3 is 0 Å². The smallest absolute Gasteiger partial charge is 0.213 e. The van der Waals surface area contributed by atoms with E-state index in [1.54, 1.807) is 7.05 Å². The highest BCUT2D eigenvalue weighted by Crippen LogP contribution is 2.14. The van der Waals surface area contributed by atoms with Gasteiger partial charge in [-0.15, -0.1) is 0 Å². The largest absolute Gasteiger partial charge is 0.331 e. The molecule has 2 rings (SSSR count). The average Bonchev–Trinajstić information content (AvgIpc) is 2.74. The first kappa shape index (κ1) is 11.0. The molecule has 1 aromatic heterocycles. The van der Waals surface area contributed by atoms with Gasteiger partial charge in [0.25, 0.3) is 0 Å². The van der Waals surface area contributed by atoms with Crippen LogP contribution in [0.5, 0.6) is 0 Å². The van der Waals surface area contributed by atoms with Crippen molar-refractivity contribution >= 4 is 5.78 Å². The number of rotatable bonds is 2. The molecule has 0 aliphatic heterocycles. The number of nitrogens with zero attached hydrogens (tertiary/aromatic N) is 3. The standard InChI is InChI=1S/C12H8FN3O/c1-16-7-15-6-11(16)12(17)9-3-2-8(5-14)4-10(9)13/h2-4,6-7H,1H3. The number of ketones is 1. The van der Waals surface area contributed by atoms with Gasteiger partial charge in [-0.3, -0.25) is 4.79 Å². The molecule has 0 spiro atoms. The van der Waals surface area contributed by atoms with Gasteiger partial charge in [0, 0.05) is 7.05 Å².